The molecule has 1 aliphatic heterocycles. The summed E-state index contributed by atoms with van der Waals surface area (Å²) in [6.45, 7) is -0.229. The van der Waals surface area contributed by atoms with E-state index in [1.165, 1.54) is 0 Å². The zero-order valence-electron chi connectivity index (χ0n) is 6.24. The molecule has 1 heterocycles. The van der Waals surface area contributed by atoms with Crippen LogP contribution in [0.2, 0.25) is 0 Å². The van der Waals surface area contributed by atoms with Gasteiger partial charge in [-0.3, -0.25) is 0 Å². The van der Waals surface area contributed by atoms with E-state index in [0.717, 1.165) is 11.8 Å². The van der Waals surface area contributed by atoms with Crippen LogP contribution in [0.25, 0.3) is 0 Å². The molecule has 4 N–H and O–H groups in total. The summed E-state index contributed by atoms with van der Waals surface area (Å²) >= 11 is 5.16. The number of hydrogen-bond donors (Lipinski definition) is 5. The van der Waals surface area contributed by atoms with Crippen LogP contribution in [0.1, 0.15) is 0 Å². The molecule has 0 radical (unpaired) electrons. The fourth-order valence-corrected chi connectivity index (χ4v) is 2.82. The van der Waals surface area contributed by atoms with Crippen LogP contribution in [0.5, 0.6) is 0 Å². The SMILES string of the molecule is OCC1SC(S)C(O)C(O)C1O. The van der Waals surface area contributed by atoms with Crippen LogP contribution >= 0.6 is 24.4 Å². The van der Waals surface area contributed by atoms with Crippen LogP contribution in [0.3, 0.4) is 0 Å². The molecule has 72 valence electrons. The molecule has 1 saturated heterocycles. The van der Waals surface area contributed by atoms with Crippen LogP contribution in [0, 0.1) is 0 Å². The highest BCUT2D eigenvalue weighted by Crippen LogP contribution is 2.34. The predicted molar refractivity (Wildman–Crippen MR) is 49.3 cm³/mol. The summed E-state index contributed by atoms with van der Waals surface area (Å²) in [5.74, 6) is 0. The molecule has 0 aromatic heterocycles. The smallest absolute Gasteiger partial charge is 0.109 e. The van der Waals surface area contributed by atoms with Crippen molar-refractivity contribution in [1.82, 2.24) is 0 Å². The van der Waals surface area contributed by atoms with Crippen molar-refractivity contribution in [2.24, 2.45) is 0 Å². The van der Waals surface area contributed by atoms with E-state index in [9.17, 15) is 15.3 Å². The average molecular weight is 212 g/mol. The van der Waals surface area contributed by atoms with E-state index in [0.29, 0.717) is 0 Å². The van der Waals surface area contributed by atoms with Crippen molar-refractivity contribution >= 4 is 24.4 Å². The molecule has 0 bridgehead atoms. The number of thiol groups is 1. The molecular weight excluding hydrogens is 200 g/mol. The first-order chi connectivity index (χ1) is 5.57. The van der Waals surface area contributed by atoms with Crippen molar-refractivity contribution in [1.29, 1.82) is 0 Å². The van der Waals surface area contributed by atoms with E-state index < -0.39 is 28.1 Å². The number of hydrogen-bond acceptors (Lipinski definition) is 6. The standard InChI is InChI=1S/C6H12O4S2/c7-1-2-3(8)4(9)5(10)6(11)12-2/h2-11H,1H2. The first kappa shape index (κ1) is 10.6. The second-order valence-corrected chi connectivity index (χ2v) is 5.01. The summed E-state index contributed by atoms with van der Waals surface area (Å²) in [6.07, 6.45) is -3.35. The summed E-state index contributed by atoms with van der Waals surface area (Å²) in [4.78, 5) is 0. The molecule has 0 aromatic carbocycles. The lowest BCUT2D eigenvalue weighted by Crippen LogP contribution is -2.52. The predicted octanol–water partition coefficient (Wildman–Crippen LogP) is -1.57. The zero-order valence-corrected chi connectivity index (χ0v) is 7.95. The zero-order chi connectivity index (χ0) is 9.30. The molecule has 0 saturated carbocycles. The lowest BCUT2D eigenvalue weighted by atomic mass is 10.1. The molecule has 1 aliphatic rings. The van der Waals surface area contributed by atoms with Gasteiger partial charge in [0.15, 0.2) is 0 Å². The van der Waals surface area contributed by atoms with E-state index in [2.05, 4.69) is 12.6 Å². The van der Waals surface area contributed by atoms with Crippen molar-refractivity contribution in [3.8, 4) is 0 Å². The molecule has 6 heteroatoms. The van der Waals surface area contributed by atoms with E-state index in [-0.39, 0.29) is 6.61 Å². The van der Waals surface area contributed by atoms with Gasteiger partial charge in [-0.15, -0.1) is 11.8 Å². The quantitative estimate of drug-likeness (QED) is 0.339. The van der Waals surface area contributed by atoms with Crippen molar-refractivity contribution in [2.45, 2.75) is 28.1 Å². The Hall–Kier alpha value is 0.540. The Kier molecular flexibility index (Phi) is 3.69. The fourth-order valence-electron chi connectivity index (χ4n) is 1.08. The van der Waals surface area contributed by atoms with Gasteiger partial charge in [0.2, 0.25) is 0 Å². The van der Waals surface area contributed by atoms with E-state index in [4.69, 9.17) is 5.11 Å². The summed E-state index contributed by atoms with van der Waals surface area (Å²) in [5, 5.41) is 36.1. The maximum absolute atomic E-state index is 9.30. The van der Waals surface area contributed by atoms with Gasteiger partial charge in [0.05, 0.1) is 22.5 Å². The first-order valence-corrected chi connectivity index (χ1v) is 5.02. The van der Waals surface area contributed by atoms with Gasteiger partial charge in [-0.05, 0) is 0 Å². The number of rotatable bonds is 1. The molecule has 0 spiro atoms. The van der Waals surface area contributed by atoms with Crippen molar-refractivity contribution < 1.29 is 20.4 Å². The number of aliphatic hydroxyl groups is 4. The minimum atomic E-state index is -1.22. The molecule has 1 rings (SSSR count). The molecule has 1 fully saturated rings. The largest absolute Gasteiger partial charge is 0.395 e. The highest BCUT2D eigenvalue weighted by molar-refractivity contribution is 8.10. The first-order valence-electron chi connectivity index (χ1n) is 3.56. The van der Waals surface area contributed by atoms with Gasteiger partial charge in [-0.2, -0.15) is 12.6 Å². The number of aliphatic hydroxyl groups excluding tert-OH is 4. The summed E-state index contributed by atoms with van der Waals surface area (Å²) in [6, 6.07) is 0. The lowest BCUT2D eigenvalue weighted by molar-refractivity contribution is -0.0623. The van der Waals surface area contributed by atoms with Crippen molar-refractivity contribution in [3.05, 3.63) is 0 Å². The molecule has 5 atom stereocenters. The van der Waals surface area contributed by atoms with Crippen molar-refractivity contribution in [2.75, 3.05) is 6.61 Å². The minimum Gasteiger partial charge on any atom is -0.395 e. The minimum absolute atomic E-state index is 0.229. The fraction of sp³-hybridized carbons (Fsp3) is 1.00. The van der Waals surface area contributed by atoms with Gasteiger partial charge in [0, 0.05) is 0 Å². The van der Waals surface area contributed by atoms with Crippen molar-refractivity contribution in [3.63, 3.8) is 0 Å². The second kappa shape index (κ2) is 4.17. The highest BCUT2D eigenvalue weighted by atomic mass is 32.2. The van der Waals surface area contributed by atoms with Gasteiger partial charge in [-0.25, -0.2) is 0 Å². The number of thioether (sulfide) groups is 1. The van der Waals surface area contributed by atoms with Gasteiger partial charge in [0.25, 0.3) is 0 Å². The van der Waals surface area contributed by atoms with Gasteiger partial charge < -0.3 is 20.4 Å². The van der Waals surface area contributed by atoms with Crippen LogP contribution < -0.4 is 0 Å². The Morgan fingerprint density at radius 3 is 2.17 bits per heavy atom. The highest BCUT2D eigenvalue weighted by Gasteiger charge is 2.41. The maximum atomic E-state index is 9.30. The summed E-state index contributed by atoms with van der Waals surface area (Å²) in [5.41, 5.74) is 0. The Bertz CT molecular complexity index is 152. The van der Waals surface area contributed by atoms with E-state index in [1.807, 2.05) is 0 Å². The Morgan fingerprint density at radius 2 is 1.67 bits per heavy atom. The normalized spacial score (nSPS) is 49.2. The molecular formula is C6H12O4S2. The maximum Gasteiger partial charge on any atom is 0.109 e. The summed E-state index contributed by atoms with van der Waals surface area (Å²) < 4.78 is -0.458. The lowest BCUT2D eigenvalue weighted by Gasteiger charge is -2.37. The Labute approximate surface area is 80.0 Å². The Balaban J connectivity index is 2.63. The van der Waals surface area contributed by atoms with Crippen LogP contribution in [-0.4, -0.2) is 55.2 Å². The van der Waals surface area contributed by atoms with E-state index >= 15 is 0 Å². The molecule has 0 amide bonds. The monoisotopic (exact) mass is 212 g/mol. The molecule has 5 unspecified atom stereocenters. The molecule has 0 aromatic rings. The van der Waals surface area contributed by atoms with Crippen LogP contribution in [0.4, 0.5) is 0 Å². The third kappa shape index (κ3) is 1.89. The van der Waals surface area contributed by atoms with Crippen LogP contribution in [-0.2, 0) is 0 Å². The third-order valence-electron chi connectivity index (χ3n) is 1.87. The van der Waals surface area contributed by atoms with Gasteiger partial charge in [0.1, 0.15) is 12.2 Å². The topological polar surface area (TPSA) is 80.9 Å². The molecule has 4 nitrogen and oxygen atoms in total. The average Bonchev–Trinajstić information content (AvgIpc) is 2.08. The Morgan fingerprint density at radius 1 is 1.08 bits per heavy atom. The molecule has 0 aliphatic carbocycles. The second-order valence-electron chi connectivity index (χ2n) is 2.72. The third-order valence-corrected chi connectivity index (χ3v) is 3.87. The molecule has 12 heavy (non-hydrogen) atoms. The van der Waals surface area contributed by atoms with Gasteiger partial charge >= 0.3 is 0 Å². The van der Waals surface area contributed by atoms with E-state index in [1.54, 1.807) is 0 Å². The van der Waals surface area contributed by atoms with Gasteiger partial charge in [-0.1, -0.05) is 0 Å². The van der Waals surface area contributed by atoms with Crippen LogP contribution in [0.15, 0.2) is 0 Å². The summed E-state index contributed by atoms with van der Waals surface area (Å²) in [7, 11) is 0.